The molecule has 80 valence electrons. The van der Waals surface area contributed by atoms with Gasteiger partial charge < -0.3 is 5.32 Å². The number of nitrogens with one attached hydrogen (secondary N) is 1. The largest absolute Gasteiger partial charge is 0.307 e. The van der Waals surface area contributed by atoms with Crippen LogP contribution in [0.4, 0.5) is 5.82 Å². The van der Waals surface area contributed by atoms with Crippen LogP contribution >= 0.6 is 11.6 Å². The first-order valence-corrected chi connectivity index (χ1v) is 5.12. The molecule has 1 aromatic rings. The minimum Gasteiger partial charge on any atom is -0.307 e. The van der Waals surface area contributed by atoms with Crippen molar-refractivity contribution >= 4 is 23.3 Å². The monoisotopic (exact) mass is 224 g/mol. The van der Waals surface area contributed by atoms with Crippen LogP contribution in [-0.2, 0) is 4.79 Å². The van der Waals surface area contributed by atoms with E-state index in [2.05, 4.69) is 10.3 Å². The quantitative estimate of drug-likeness (QED) is 0.634. The number of pyridine rings is 1. The Morgan fingerprint density at radius 3 is 2.93 bits per heavy atom. The number of halogens is 1. The Balaban J connectivity index is 2.70. The van der Waals surface area contributed by atoms with Gasteiger partial charge in [-0.25, -0.2) is 4.98 Å². The maximum absolute atomic E-state index is 11.6. The van der Waals surface area contributed by atoms with Gasteiger partial charge >= 0.3 is 0 Å². The van der Waals surface area contributed by atoms with Crippen molar-refractivity contribution in [1.29, 1.82) is 0 Å². The molecule has 1 aromatic heterocycles. The van der Waals surface area contributed by atoms with E-state index in [0.29, 0.717) is 16.5 Å². The van der Waals surface area contributed by atoms with Gasteiger partial charge in [-0.15, -0.1) is 0 Å². The number of hydrogen-bond donors (Lipinski definition) is 1. The minimum absolute atomic E-state index is 0.147. The van der Waals surface area contributed by atoms with Crippen molar-refractivity contribution < 1.29 is 4.79 Å². The third kappa shape index (κ3) is 3.72. The molecule has 1 amide bonds. The van der Waals surface area contributed by atoms with Gasteiger partial charge in [-0.05, 0) is 25.5 Å². The van der Waals surface area contributed by atoms with Crippen LogP contribution in [0, 0.1) is 0 Å². The Hall–Kier alpha value is -1.35. The molecule has 4 heteroatoms. The average molecular weight is 225 g/mol. The Bertz CT molecular complexity index is 388. The molecule has 0 bridgehead atoms. The molecule has 0 aliphatic rings. The molecular formula is C11H13ClN2O. The van der Waals surface area contributed by atoms with Crippen molar-refractivity contribution in [3.63, 3.8) is 0 Å². The van der Waals surface area contributed by atoms with Gasteiger partial charge in [0, 0.05) is 5.57 Å². The predicted octanol–water partition coefficient (Wildman–Crippen LogP) is 3.03. The fourth-order valence-corrected chi connectivity index (χ4v) is 1.26. The van der Waals surface area contributed by atoms with Gasteiger partial charge in [-0.2, -0.15) is 0 Å². The van der Waals surface area contributed by atoms with Gasteiger partial charge in [0.15, 0.2) is 0 Å². The second-order valence-corrected chi connectivity index (χ2v) is 3.48. The Morgan fingerprint density at radius 2 is 2.33 bits per heavy atom. The molecule has 0 fully saturated rings. The second-order valence-electron chi connectivity index (χ2n) is 3.10. The molecule has 3 nitrogen and oxygen atoms in total. The van der Waals surface area contributed by atoms with Crippen molar-refractivity contribution in [2.75, 3.05) is 5.32 Å². The molecule has 15 heavy (non-hydrogen) atoms. The lowest BCUT2D eigenvalue weighted by molar-refractivity contribution is -0.112. The van der Waals surface area contributed by atoms with E-state index in [-0.39, 0.29) is 5.91 Å². The third-order valence-electron chi connectivity index (χ3n) is 1.83. The first-order valence-electron chi connectivity index (χ1n) is 4.74. The number of aromatic nitrogens is 1. The lowest BCUT2D eigenvalue weighted by Crippen LogP contribution is -2.13. The topological polar surface area (TPSA) is 42.0 Å². The van der Waals surface area contributed by atoms with Crippen LogP contribution in [0.15, 0.2) is 29.8 Å². The molecule has 1 rings (SSSR count). The van der Waals surface area contributed by atoms with Gasteiger partial charge in [-0.3, -0.25) is 4.79 Å². The summed E-state index contributed by atoms with van der Waals surface area (Å²) in [7, 11) is 0. The number of allylic oxidation sites excluding steroid dienone is 1. The summed E-state index contributed by atoms with van der Waals surface area (Å²) in [6, 6.07) is 5.10. The van der Waals surface area contributed by atoms with Gasteiger partial charge in [0.25, 0.3) is 5.91 Å². The number of carbonyl (C=O) groups excluding carboxylic acids is 1. The van der Waals surface area contributed by atoms with Gasteiger partial charge in [0.2, 0.25) is 0 Å². The zero-order chi connectivity index (χ0) is 11.3. The number of amides is 1. The minimum atomic E-state index is -0.147. The van der Waals surface area contributed by atoms with E-state index in [1.165, 1.54) is 0 Å². The molecule has 0 spiro atoms. The van der Waals surface area contributed by atoms with E-state index in [0.717, 1.165) is 6.42 Å². The van der Waals surface area contributed by atoms with Crippen molar-refractivity contribution in [2.24, 2.45) is 0 Å². The summed E-state index contributed by atoms with van der Waals surface area (Å²) in [5.41, 5.74) is 0.680. The molecule has 0 atom stereocenters. The molecule has 0 aliphatic carbocycles. The van der Waals surface area contributed by atoms with E-state index in [9.17, 15) is 4.79 Å². The van der Waals surface area contributed by atoms with Gasteiger partial charge in [0.1, 0.15) is 11.0 Å². The first kappa shape index (κ1) is 11.7. The molecule has 1 heterocycles. The van der Waals surface area contributed by atoms with Crippen LogP contribution in [-0.4, -0.2) is 10.9 Å². The lowest BCUT2D eigenvalue weighted by Gasteiger charge is -2.04. The summed E-state index contributed by atoms with van der Waals surface area (Å²) in [5.74, 6) is 0.322. The Morgan fingerprint density at radius 1 is 1.60 bits per heavy atom. The van der Waals surface area contributed by atoms with Crippen LogP contribution < -0.4 is 5.32 Å². The Labute approximate surface area is 94.2 Å². The maximum atomic E-state index is 11.6. The number of carbonyl (C=O) groups is 1. The SMILES string of the molecule is CC/C=C(/C)C(=O)Nc1cccc(Cl)n1. The summed E-state index contributed by atoms with van der Waals surface area (Å²) < 4.78 is 0. The molecular weight excluding hydrogens is 212 g/mol. The van der Waals surface area contributed by atoms with E-state index < -0.39 is 0 Å². The molecule has 1 N–H and O–H groups in total. The number of rotatable bonds is 3. The fourth-order valence-electron chi connectivity index (χ4n) is 1.09. The predicted molar refractivity (Wildman–Crippen MR) is 61.9 cm³/mol. The molecule has 0 unspecified atom stereocenters. The summed E-state index contributed by atoms with van der Waals surface area (Å²) >= 11 is 5.69. The van der Waals surface area contributed by atoms with E-state index in [1.54, 1.807) is 25.1 Å². The van der Waals surface area contributed by atoms with Crippen LogP contribution in [0.25, 0.3) is 0 Å². The second kappa shape index (κ2) is 5.51. The van der Waals surface area contributed by atoms with Gasteiger partial charge in [0.05, 0.1) is 0 Å². The maximum Gasteiger partial charge on any atom is 0.252 e. The molecule has 0 saturated heterocycles. The molecule has 0 aromatic carbocycles. The molecule has 0 aliphatic heterocycles. The van der Waals surface area contributed by atoms with Crippen LogP contribution in [0.5, 0.6) is 0 Å². The van der Waals surface area contributed by atoms with Crippen LogP contribution in [0.3, 0.4) is 0 Å². The zero-order valence-electron chi connectivity index (χ0n) is 8.75. The van der Waals surface area contributed by atoms with Crippen molar-refractivity contribution in [3.05, 3.63) is 35.0 Å². The zero-order valence-corrected chi connectivity index (χ0v) is 9.51. The average Bonchev–Trinajstić information content (AvgIpc) is 2.18. The summed E-state index contributed by atoms with van der Waals surface area (Å²) in [5, 5.41) is 3.03. The van der Waals surface area contributed by atoms with E-state index in [1.807, 2.05) is 13.0 Å². The summed E-state index contributed by atoms with van der Waals surface area (Å²) in [6.07, 6.45) is 2.70. The number of hydrogen-bond acceptors (Lipinski definition) is 2. The highest BCUT2D eigenvalue weighted by molar-refractivity contribution is 6.29. The van der Waals surface area contributed by atoms with Gasteiger partial charge in [-0.1, -0.05) is 30.7 Å². The van der Waals surface area contributed by atoms with Crippen LogP contribution in [0.1, 0.15) is 20.3 Å². The number of nitrogens with zero attached hydrogens (tertiary/aromatic N) is 1. The van der Waals surface area contributed by atoms with Crippen molar-refractivity contribution in [1.82, 2.24) is 4.98 Å². The van der Waals surface area contributed by atoms with E-state index >= 15 is 0 Å². The van der Waals surface area contributed by atoms with Crippen molar-refractivity contribution in [2.45, 2.75) is 20.3 Å². The summed E-state index contributed by atoms with van der Waals surface area (Å²) in [4.78, 5) is 15.5. The normalized spacial score (nSPS) is 11.3. The Kier molecular flexibility index (Phi) is 4.31. The third-order valence-corrected chi connectivity index (χ3v) is 2.04. The fraction of sp³-hybridized carbons (Fsp3) is 0.273. The number of anilines is 1. The molecule has 0 saturated carbocycles. The summed E-state index contributed by atoms with van der Waals surface area (Å²) in [6.45, 7) is 3.75. The molecule has 0 radical (unpaired) electrons. The van der Waals surface area contributed by atoms with Crippen LogP contribution in [0.2, 0.25) is 5.15 Å². The standard InChI is InChI=1S/C11H13ClN2O/c1-3-5-8(2)11(15)14-10-7-4-6-9(12)13-10/h4-7H,3H2,1-2H3,(H,13,14,15)/b8-5-. The lowest BCUT2D eigenvalue weighted by atomic mass is 10.2. The van der Waals surface area contributed by atoms with E-state index in [4.69, 9.17) is 11.6 Å². The highest BCUT2D eigenvalue weighted by atomic mass is 35.5. The smallest absolute Gasteiger partial charge is 0.252 e. The first-order chi connectivity index (χ1) is 7.13. The highest BCUT2D eigenvalue weighted by Crippen LogP contribution is 2.10. The van der Waals surface area contributed by atoms with Crippen molar-refractivity contribution in [3.8, 4) is 0 Å². The highest BCUT2D eigenvalue weighted by Gasteiger charge is 2.04.